The second-order valence-electron chi connectivity index (χ2n) is 3.47. The maximum Gasteiger partial charge on any atom is 0.133 e. The number of nitrogens with zero attached hydrogens (tertiary/aromatic N) is 1. The van der Waals surface area contributed by atoms with Crippen LogP contribution in [-0.2, 0) is 0 Å². The molecule has 0 aromatic carbocycles. The SMILES string of the molecule is C=C(c1ncc[nH]1)C(S)CCCCC. The van der Waals surface area contributed by atoms with Gasteiger partial charge in [-0.3, -0.25) is 0 Å². The second-order valence-corrected chi connectivity index (χ2v) is 4.10. The van der Waals surface area contributed by atoms with Crippen LogP contribution in [0.25, 0.3) is 5.57 Å². The first kappa shape index (κ1) is 11.4. The highest BCUT2D eigenvalue weighted by atomic mass is 32.1. The van der Waals surface area contributed by atoms with E-state index >= 15 is 0 Å². The first-order valence-electron chi connectivity index (χ1n) is 5.12. The minimum atomic E-state index is 0.229. The Labute approximate surface area is 91.2 Å². The van der Waals surface area contributed by atoms with Crippen LogP contribution >= 0.6 is 12.6 Å². The van der Waals surface area contributed by atoms with E-state index in [9.17, 15) is 0 Å². The van der Waals surface area contributed by atoms with E-state index in [4.69, 9.17) is 0 Å². The molecule has 1 heterocycles. The Morgan fingerprint density at radius 2 is 2.43 bits per heavy atom. The van der Waals surface area contributed by atoms with Crippen molar-refractivity contribution in [1.82, 2.24) is 9.97 Å². The van der Waals surface area contributed by atoms with Crippen LogP contribution in [0.2, 0.25) is 0 Å². The molecule has 0 fully saturated rings. The van der Waals surface area contributed by atoms with Crippen LogP contribution in [0.15, 0.2) is 19.0 Å². The summed E-state index contributed by atoms with van der Waals surface area (Å²) >= 11 is 4.52. The smallest absolute Gasteiger partial charge is 0.133 e. The molecule has 1 unspecified atom stereocenters. The van der Waals surface area contributed by atoms with Gasteiger partial charge in [-0.15, -0.1) is 0 Å². The zero-order chi connectivity index (χ0) is 10.4. The molecule has 0 saturated carbocycles. The molecule has 2 nitrogen and oxygen atoms in total. The summed E-state index contributed by atoms with van der Waals surface area (Å²) in [5, 5.41) is 0.229. The molecular weight excluding hydrogens is 192 g/mol. The summed E-state index contributed by atoms with van der Waals surface area (Å²) in [4.78, 5) is 7.21. The highest BCUT2D eigenvalue weighted by molar-refractivity contribution is 7.81. The zero-order valence-electron chi connectivity index (χ0n) is 8.66. The third-order valence-corrected chi connectivity index (χ3v) is 2.86. The molecule has 14 heavy (non-hydrogen) atoms. The van der Waals surface area contributed by atoms with Crippen LogP contribution in [0.1, 0.15) is 38.4 Å². The average Bonchev–Trinajstić information content (AvgIpc) is 2.69. The lowest BCUT2D eigenvalue weighted by atomic mass is 10.1. The van der Waals surface area contributed by atoms with Crippen molar-refractivity contribution < 1.29 is 0 Å². The molecule has 0 aliphatic rings. The van der Waals surface area contributed by atoms with E-state index < -0.39 is 0 Å². The quantitative estimate of drug-likeness (QED) is 0.547. The van der Waals surface area contributed by atoms with E-state index in [-0.39, 0.29) is 5.25 Å². The number of aromatic amines is 1. The Kier molecular flexibility index (Phi) is 4.80. The standard InChI is InChI=1S/C11H18N2S/c1-3-4-5-6-10(14)9(2)11-12-7-8-13-11/h7-8,10,14H,2-6H2,1H3,(H,12,13). The Balaban J connectivity index is 2.37. The zero-order valence-corrected chi connectivity index (χ0v) is 9.56. The molecule has 0 amide bonds. The van der Waals surface area contributed by atoms with E-state index in [1.807, 2.05) is 6.20 Å². The van der Waals surface area contributed by atoms with E-state index in [1.54, 1.807) is 6.20 Å². The highest BCUT2D eigenvalue weighted by Gasteiger charge is 2.10. The lowest BCUT2D eigenvalue weighted by Gasteiger charge is -2.11. The van der Waals surface area contributed by atoms with Crippen molar-refractivity contribution in [3.05, 3.63) is 24.8 Å². The molecule has 1 atom stereocenters. The number of rotatable bonds is 6. The van der Waals surface area contributed by atoms with E-state index in [1.165, 1.54) is 19.3 Å². The Morgan fingerprint density at radius 1 is 1.64 bits per heavy atom. The van der Waals surface area contributed by atoms with Crippen LogP contribution in [0.3, 0.4) is 0 Å². The maximum atomic E-state index is 4.52. The summed E-state index contributed by atoms with van der Waals surface area (Å²) in [6.45, 7) is 6.21. The summed E-state index contributed by atoms with van der Waals surface area (Å²) in [6.07, 6.45) is 8.36. The van der Waals surface area contributed by atoms with Crippen molar-refractivity contribution in [3.8, 4) is 0 Å². The molecule has 78 valence electrons. The second kappa shape index (κ2) is 5.91. The van der Waals surface area contributed by atoms with Crippen molar-refractivity contribution in [2.75, 3.05) is 0 Å². The fourth-order valence-corrected chi connectivity index (χ4v) is 1.67. The summed E-state index contributed by atoms with van der Waals surface area (Å²) < 4.78 is 0. The molecule has 1 rings (SSSR count). The number of nitrogens with one attached hydrogen (secondary N) is 1. The van der Waals surface area contributed by atoms with Crippen LogP contribution in [0.5, 0.6) is 0 Å². The molecular formula is C11H18N2S. The van der Waals surface area contributed by atoms with Gasteiger partial charge in [0.05, 0.1) is 0 Å². The largest absolute Gasteiger partial charge is 0.345 e. The van der Waals surface area contributed by atoms with E-state index in [0.29, 0.717) is 0 Å². The number of H-pyrrole nitrogens is 1. The van der Waals surface area contributed by atoms with Gasteiger partial charge in [0.2, 0.25) is 0 Å². The summed E-state index contributed by atoms with van der Waals surface area (Å²) in [5.74, 6) is 0.862. The highest BCUT2D eigenvalue weighted by Crippen LogP contribution is 2.21. The number of imidazole rings is 1. The van der Waals surface area contributed by atoms with Crippen molar-refractivity contribution in [1.29, 1.82) is 0 Å². The molecule has 0 aliphatic carbocycles. The normalized spacial score (nSPS) is 12.7. The summed E-state index contributed by atoms with van der Waals surface area (Å²) in [7, 11) is 0. The third kappa shape index (κ3) is 3.22. The molecule has 1 aromatic rings. The number of hydrogen-bond acceptors (Lipinski definition) is 2. The number of unbranched alkanes of at least 4 members (excludes halogenated alkanes) is 2. The van der Waals surface area contributed by atoms with Gasteiger partial charge in [-0.25, -0.2) is 4.98 Å². The lowest BCUT2D eigenvalue weighted by molar-refractivity contribution is 0.685. The van der Waals surface area contributed by atoms with Gasteiger partial charge in [-0.2, -0.15) is 12.6 Å². The summed E-state index contributed by atoms with van der Waals surface area (Å²) in [6, 6.07) is 0. The summed E-state index contributed by atoms with van der Waals surface area (Å²) in [5.41, 5.74) is 0.995. The minimum absolute atomic E-state index is 0.229. The van der Waals surface area contributed by atoms with Gasteiger partial charge in [0.25, 0.3) is 0 Å². The monoisotopic (exact) mass is 210 g/mol. The fourth-order valence-electron chi connectivity index (χ4n) is 1.36. The predicted molar refractivity (Wildman–Crippen MR) is 64.5 cm³/mol. The molecule has 3 heteroatoms. The van der Waals surface area contributed by atoms with Gasteiger partial charge in [-0.05, 0) is 6.42 Å². The van der Waals surface area contributed by atoms with Crippen LogP contribution in [-0.4, -0.2) is 15.2 Å². The number of hydrogen-bond donors (Lipinski definition) is 2. The lowest BCUT2D eigenvalue weighted by Crippen LogP contribution is -2.02. The Morgan fingerprint density at radius 3 is 3.00 bits per heavy atom. The van der Waals surface area contributed by atoms with Crippen molar-refractivity contribution in [3.63, 3.8) is 0 Å². The maximum absolute atomic E-state index is 4.52. The molecule has 0 saturated heterocycles. The molecule has 1 N–H and O–H groups in total. The van der Waals surface area contributed by atoms with Crippen molar-refractivity contribution in [2.45, 2.75) is 37.9 Å². The van der Waals surface area contributed by atoms with Gasteiger partial charge in [0, 0.05) is 23.2 Å². The van der Waals surface area contributed by atoms with Crippen molar-refractivity contribution >= 4 is 18.2 Å². The first-order chi connectivity index (χ1) is 6.75. The molecule has 1 aromatic heterocycles. The number of thiol groups is 1. The number of aromatic nitrogens is 2. The van der Waals surface area contributed by atoms with Gasteiger partial charge < -0.3 is 4.98 Å². The third-order valence-electron chi connectivity index (χ3n) is 2.29. The molecule has 0 spiro atoms. The van der Waals surface area contributed by atoms with Crippen molar-refractivity contribution in [2.24, 2.45) is 0 Å². The first-order valence-corrected chi connectivity index (χ1v) is 5.64. The van der Waals surface area contributed by atoms with Gasteiger partial charge >= 0.3 is 0 Å². The minimum Gasteiger partial charge on any atom is -0.345 e. The predicted octanol–water partition coefficient (Wildman–Crippen LogP) is 3.30. The van der Waals surface area contributed by atoms with Crippen LogP contribution in [0, 0.1) is 0 Å². The van der Waals surface area contributed by atoms with E-state index in [0.717, 1.165) is 17.8 Å². The average molecular weight is 210 g/mol. The van der Waals surface area contributed by atoms with Gasteiger partial charge in [0.1, 0.15) is 5.82 Å². The van der Waals surface area contributed by atoms with E-state index in [2.05, 4.69) is 36.1 Å². The Hall–Kier alpha value is -0.700. The van der Waals surface area contributed by atoms with Gasteiger partial charge in [-0.1, -0.05) is 32.8 Å². The Bertz CT molecular complexity index is 267. The van der Waals surface area contributed by atoms with Crippen LogP contribution < -0.4 is 0 Å². The molecule has 0 radical (unpaired) electrons. The molecule has 0 bridgehead atoms. The fraction of sp³-hybridized carbons (Fsp3) is 0.545. The van der Waals surface area contributed by atoms with Crippen LogP contribution in [0.4, 0.5) is 0 Å². The molecule has 0 aliphatic heterocycles. The topological polar surface area (TPSA) is 28.7 Å². The van der Waals surface area contributed by atoms with Gasteiger partial charge in [0.15, 0.2) is 0 Å².